The predicted molar refractivity (Wildman–Crippen MR) is 105 cm³/mol. The molecule has 5 rings (SSSR count). The molecule has 0 N–H and O–H groups in total. The van der Waals surface area contributed by atoms with Crippen molar-refractivity contribution < 1.29 is 8.78 Å². The first-order chi connectivity index (χ1) is 14.1. The molecule has 1 aliphatic heterocycles. The third-order valence-electron chi connectivity index (χ3n) is 6.15. The van der Waals surface area contributed by atoms with Gasteiger partial charge in [-0.1, -0.05) is 18.2 Å². The van der Waals surface area contributed by atoms with Crippen LogP contribution < -0.4 is 0 Å². The summed E-state index contributed by atoms with van der Waals surface area (Å²) in [6.45, 7) is 1.63. The SMILES string of the molecule is CN1Cc2ccccc2-n2c(nnc2C2CCC(c3ncc(F)cc3F)CC2)C1. The molecule has 3 aromatic rings. The molecule has 1 fully saturated rings. The zero-order valence-corrected chi connectivity index (χ0v) is 16.4. The van der Waals surface area contributed by atoms with E-state index in [2.05, 4.69) is 56.0 Å². The topological polar surface area (TPSA) is 46.8 Å². The summed E-state index contributed by atoms with van der Waals surface area (Å²) >= 11 is 0. The highest BCUT2D eigenvalue weighted by molar-refractivity contribution is 5.44. The predicted octanol–water partition coefficient (Wildman–Crippen LogP) is 4.33. The van der Waals surface area contributed by atoms with E-state index in [0.29, 0.717) is 5.69 Å². The number of nitrogens with zero attached hydrogens (tertiary/aromatic N) is 5. The Bertz CT molecular complexity index is 1040. The van der Waals surface area contributed by atoms with E-state index in [1.165, 1.54) is 5.56 Å². The molecule has 29 heavy (non-hydrogen) atoms. The molecule has 0 saturated heterocycles. The smallest absolute Gasteiger partial charge is 0.151 e. The van der Waals surface area contributed by atoms with Crippen molar-refractivity contribution in [3.8, 4) is 5.69 Å². The highest BCUT2D eigenvalue weighted by Crippen LogP contribution is 2.41. The summed E-state index contributed by atoms with van der Waals surface area (Å²) in [5.41, 5.74) is 2.80. The average molecular weight is 395 g/mol. The van der Waals surface area contributed by atoms with Crippen molar-refractivity contribution in [2.24, 2.45) is 0 Å². The third kappa shape index (κ3) is 3.33. The molecule has 1 aliphatic carbocycles. The minimum atomic E-state index is -0.630. The van der Waals surface area contributed by atoms with Crippen molar-refractivity contribution in [1.82, 2.24) is 24.6 Å². The normalized spacial score (nSPS) is 22.0. The maximum Gasteiger partial charge on any atom is 0.151 e. The largest absolute Gasteiger partial charge is 0.295 e. The van der Waals surface area contributed by atoms with Crippen LogP contribution in [0.1, 0.15) is 60.4 Å². The van der Waals surface area contributed by atoms with Crippen LogP contribution in [0.25, 0.3) is 5.69 Å². The van der Waals surface area contributed by atoms with E-state index < -0.39 is 11.6 Å². The van der Waals surface area contributed by atoms with Crippen molar-refractivity contribution in [3.05, 3.63) is 71.1 Å². The van der Waals surface area contributed by atoms with E-state index in [0.717, 1.165) is 68.4 Å². The molecular formula is C22H23F2N5. The van der Waals surface area contributed by atoms with Gasteiger partial charge in [-0.3, -0.25) is 14.5 Å². The first-order valence-electron chi connectivity index (χ1n) is 10.1. The fraction of sp³-hybridized carbons (Fsp3) is 0.409. The van der Waals surface area contributed by atoms with Crippen LogP contribution in [0.15, 0.2) is 36.5 Å². The molecular weight excluding hydrogens is 372 g/mol. The van der Waals surface area contributed by atoms with Crippen molar-refractivity contribution in [2.75, 3.05) is 7.05 Å². The molecule has 0 unspecified atom stereocenters. The van der Waals surface area contributed by atoms with Crippen molar-refractivity contribution >= 4 is 0 Å². The van der Waals surface area contributed by atoms with E-state index in [-0.39, 0.29) is 11.8 Å². The average Bonchev–Trinajstić information content (AvgIpc) is 3.05. The van der Waals surface area contributed by atoms with E-state index in [1.807, 2.05) is 0 Å². The standard InChI is InChI=1S/C22H23F2N5/c1-28-12-16-4-2-3-5-19(16)29-20(13-28)26-27-22(29)15-8-6-14(7-9-15)21-18(24)10-17(23)11-25-21/h2-5,10-11,14-15H,6-9,12-13H2,1H3. The lowest BCUT2D eigenvalue weighted by Gasteiger charge is -2.28. The summed E-state index contributed by atoms with van der Waals surface area (Å²) in [6.07, 6.45) is 4.50. The number of hydrogen-bond donors (Lipinski definition) is 0. The van der Waals surface area contributed by atoms with E-state index in [9.17, 15) is 8.78 Å². The van der Waals surface area contributed by atoms with Crippen LogP contribution in [-0.4, -0.2) is 31.7 Å². The van der Waals surface area contributed by atoms with Crippen molar-refractivity contribution in [3.63, 3.8) is 0 Å². The Balaban J connectivity index is 1.42. The van der Waals surface area contributed by atoms with Gasteiger partial charge in [-0.25, -0.2) is 8.78 Å². The molecule has 0 spiro atoms. The number of para-hydroxylation sites is 1. The summed E-state index contributed by atoms with van der Waals surface area (Å²) in [7, 11) is 2.09. The molecule has 5 nitrogen and oxygen atoms in total. The Kier molecular flexibility index (Phi) is 4.62. The molecule has 2 aromatic heterocycles. The number of fused-ring (bicyclic) bond motifs is 3. The van der Waals surface area contributed by atoms with E-state index in [1.54, 1.807) is 0 Å². The lowest BCUT2D eigenvalue weighted by Crippen LogP contribution is -2.18. The Morgan fingerprint density at radius 3 is 2.52 bits per heavy atom. The highest BCUT2D eigenvalue weighted by Gasteiger charge is 2.31. The number of pyridine rings is 1. The molecule has 0 amide bonds. The van der Waals surface area contributed by atoms with Crippen LogP contribution >= 0.6 is 0 Å². The fourth-order valence-corrected chi connectivity index (χ4v) is 4.76. The Morgan fingerprint density at radius 1 is 0.966 bits per heavy atom. The zero-order valence-electron chi connectivity index (χ0n) is 16.4. The first-order valence-corrected chi connectivity index (χ1v) is 10.1. The van der Waals surface area contributed by atoms with Crippen LogP contribution in [0.3, 0.4) is 0 Å². The lowest BCUT2D eigenvalue weighted by atomic mass is 9.79. The van der Waals surface area contributed by atoms with Gasteiger partial charge in [-0.05, 0) is 44.4 Å². The summed E-state index contributed by atoms with van der Waals surface area (Å²) in [5.74, 6) is 1.08. The van der Waals surface area contributed by atoms with Gasteiger partial charge in [0, 0.05) is 24.4 Å². The minimum absolute atomic E-state index is 0.0248. The maximum absolute atomic E-state index is 14.1. The van der Waals surface area contributed by atoms with Gasteiger partial charge in [0.05, 0.1) is 24.1 Å². The van der Waals surface area contributed by atoms with Crippen LogP contribution in [-0.2, 0) is 13.1 Å². The molecule has 7 heteroatoms. The number of halogens is 2. The second-order valence-electron chi connectivity index (χ2n) is 8.18. The third-order valence-corrected chi connectivity index (χ3v) is 6.15. The molecule has 0 bridgehead atoms. The summed E-state index contributed by atoms with van der Waals surface area (Å²) in [5, 5.41) is 9.07. The Morgan fingerprint density at radius 2 is 1.72 bits per heavy atom. The monoisotopic (exact) mass is 395 g/mol. The van der Waals surface area contributed by atoms with Gasteiger partial charge in [0.1, 0.15) is 17.5 Å². The number of rotatable bonds is 2. The molecule has 2 aliphatic rings. The van der Waals surface area contributed by atoms with Gasteiger partial charge in [0.2, 0.25) is 0 Å². The summed E-state index contributed by atoms with van der Waals surface area (Å²) in [6, 6.07) is 9.34. The van der Waals surface area contributed by atoms with Gasteiger partial charge < -0.3 is 0 Å². The van der Waals surface area contributed by atoms with E-state index in [4.69, 9.17) is 0 Å². The van der Waals surface area contributed by atoms with Gasteiger partial charge in [0.15, 0.2) is 5.82 Å². The maximum atomic E-state index is 14.1. The number of aromatic nitrogens is 4. The van der Waals surface area contributed by atoms with E-state index >= 15 is 0 Å². The second-order valence-corrected chi connectivity index (χ2v) is 8.18. The molecule has 0 atom stereocenters. The second kappa shape index (κ2) is 7.30. The summed E-state index contributed by atoms with van der Waals surface area (Å²) < 4.78 is 29.5. The molecule has 1 saturated carbocycles. The van der Waals surface area contributed by atoms with Crippen molar-refractivity contribution in [2.45, 2.75) is 50.6 Å². The van der Waals surface area contributed by atoms with Gasteiger partial charge >= 0.3 is 0 Å². The number of benzene rings is 1. The molecule has 3 heterocycles. The molecule has 0 radical (unpaired) electrons. The minimum Gasteiger partial charge on any atom is -0.295 e. The van der Waals surface area contributed by atoms with Crippen LogP contribution in [0.2, 0.25) is 0 Å². The van der Waals surface area contributed by atoms with Gasteiger partial charge in [-0.15, -0.1) is 10.2 Å². The van der Waals surface area contributed by atoms with Crippen LogP contribution in [0.4, 0.5) is 8.78 Å². The first kappa shape index (κ1) is 18.4. The Labute approximate surface area is 168 Å². The number of hydrogen-bond acceptors (Lipinski definition) is 4. The zero-order chi connectivity index (χ0) is 20.0. The van der Waals surface area contributed by atoms with Crippen LogP contribution in [0, 0.1) is 11.6 Å². The van der Waals surface area contributed by atoms with Crippen LogP contribution in [0.5, 0.6) is 0 Å². The van der Waals surface area contributed by atoms with Gasteiger partial charge in [-0.2, -0.15) is 0 Å². The highest BCUT2D eigenvalue weighted by atomic mass is 19.1. The van der Waals surface area contributed by atoms with Crippen molar-refractivity contribution in [1.29, 1.82) is 0 Å². The Hall–Kier alpha value is -2.67. The molecule has 1 aromatic carbocycles. The molecule has 150 valence electrons. The summed E-state index contributed by atoms with van der Waals surface area (Å²) in [4.78, 5) is 6.27. The van der Waals surface area contributed by atoms with Gasteiger partial charge in [0.25, 0.3) is 0 Å². The lowest BCUT2D eigenvalue weighted by molar-refractivity contribution is 0.315. The quantitative estimate of drug-likeness (QED) is 0.648. The fourth-order valence-electron chi connectivity index (χ4n) is 4.76.